The van der Waals surface area contributed by atoms with E-state index in [1.807, 2.05) is 37.3 Å². The van der Waals surface area contributed by atoms with Crippen LogP contribution in [0.1, 0.15) is 62.1 Å². The highest BCUT2D eigenvalue weighted by atomic mass is 16.2. The Morgan fingerprint density at radius 2 is 2.00 bits per heavy atom. The Hall–Kier alpha value is -2.43. The molecule has 1 atom stereocenters. The zero-order valence-electron chi connectivity index (χ0n) is 15.4. The molecule has 2 aromatic rings. The molecule has 1 heterocycles. The van der Waals surface area contributed by atoms with Crippen LogP contribution >= 0.6 is 0 Å². The van der Waals surface area contributed by atoms with E-state index in [1.54, 1.807) is 17.0 Å². The number of nitrogens with zero attached hydrogens (tertiary/aromatic N) is 2. The van der Waals surface area contributed by atoms with Crippen LogP contribution in [-0.4, -0.2) is 22.0 Å². The number of amides is 1. The van der Waals surface area contributed by atoms with E-state index in [1.165, 1.54) is 12.8 Å². The van der Waals surface area contributed by atoms with Gasteiger partial charge in [-0.3, -0.25) is 14.2 Å². The van der Waals surface area contributed by atoms with Gasteiger partial charge in [0.1, 0.15) is 0 Å². The molecule has 5 nitrogen and oxygen atoms in total. The molecule has 1 aromatic carbocycles. The van der Waals surface area contributed by atoms with Crippen molar-refractivity contribution >= 4 is 5.91 Å². The Morgan fingerprint density at radius 1 is 1.27 bits per heavy atom. The van der Waals surface area contributed by atoms with Crippen molar-refractivity contribution in [3.63, 3.8) is 0 Å². The van der Waals surface area contributed by atoms with E-state index in [9.17, 15) is 9.59 Å². The van der Waals surface area contributed by atoms with E-state index in [0.29, 0.717) is 19.0 Å². The maximum absolute atomic E-state index is 12.5. The Kier molecular flexibility index (Phi) is 6.21. The molecular weight excluding hydrogens is 326 g/mol. The molecule has 0 aliphatic heterocycles. The fourth-order valence-electron chi connectivity index (χ4n) is 3.73. The summed E-state index contributed by atoms with van der Waals surface area (Å²) in [4.78, 5) is 29.2. The molecule has 1 aliphatic carbocycles. The molecule has 0 bridgehead atoms. The molecule has 1 aliphatic rings. The highest BCUT2D eigenvalue weighted by molar-refractivity contribution is 5.83. The Morgan fingerprint density at radius 3 is 2.65 bits per heavy atom. The second kappa shape index (κ2) is 8.79. The minimum absolute atomic E-state index is 0.00211. The molecule has 26 heavy (non-hydrogen) atoms. The number of rotatable bonds is 7. The minimum Gasteiger partial charge on any atom is -0.354 e. The first-order chi connectivity index (χ1) is 12.7. The van der Waals surface area contributed by atoms with Gasteiger partial charge in [-0.15, -0.1) is 0 Å². The lowest BCUT2D eigenvalue weighted by atomic mass is 9.96. The Balaban J connectivity index is 1.55. The van der Waals surface area contributed by atoms with E-state index >= 15 is 0 Å². The quantitative estimate of drug-likeness (QED) is 0.831. The lowest BCUT2D eigenvalue weighted by molar-refractivity contribution is -0.122. The maximum atomic E-state index is 12.5. The van der Waals surface area contributed by atoms with Gasteiger partial charge in [0, 0.05) is 25.1 Å². The van der Waals surface area contributed by atoms with Crippen molar-refractivity contribution in [1.29, 1.82) is 0 Å². The standard InChI is InChI=1S/C21H27N3O2/c1-2-18(16-8-4-3-5-9-16)21(26)22-12-13-24-15-23-19(14-20(24)25)17-10-6-7-11-17/h3-5,8-9,14-15,17-18H,2,6-7,10-13H2,1H3,(H,22,26). The molecule has 1 saturated carbocycles. The molecular formula is C21H27N3O2. The number of carbonyl (C=O) groups excluding carboxylic acids is 1. The molecule has 1 unspecified atom stereocenters. The van der Waals surface area contributed by atoms with E-state index in [4.69, 9.17) is 0 Å². The fraction of sp³-hybridized carbons (Fsp3) is 0.476. The van der Waals surface area contributed by atoms with Gasteiger partial charge in [0.15, 0.2) is 0 Å². The second-order valence-electron chi connectivity index (χ2n) is 6.99. The van der Waals surface area contributed by atoms with Crippen LogP contribution in [-0.2, 0) is 11.3 Å². The van der Waals surface area contributed by atoms with Crippen molar-refractivity contribution < 1.29 is 4.79 Å². The van der Waals surface area contributed by atoms with E-state index in [-0.39, 0.29) is 17.4 Å². The summed E-state index contributed by atoms with van der Waals surface area (Å²) in [5.41, 5.74) is 1.90. The zero-order chi connectivity index (χ0) is 18.4. The minimum atomic E-state index is -0.157. The van der Waals surface area contributed by atoms with Gasteiger partial charge < -0.3 is 5.32 Å². The monoisotopic (exact) mass is 353 g/mol. The van der Waals surface area contributed by atoms with Crippen LogP contribution in [0.3, 0.4) is 0 Å². The lowest BCUT2D eigenvalue weighted by Gasteiger charge is -2.16. The number of hydrogen-bond acceptors (Lipinski definition) is 3. The van der Waals surface area contributed by atoms with Gasteiger partial charge in [-0.2, -0.15) is 0 Å². The SMILES string of the molecule is CCC(C(=O)NCCn1cnc(C2CCCC2)cc1=O)c1ccccc1. The molecule has 0 saturated heterocycles. The average molecular weight is 353 g/mol. The first-order valence-electron chi connectivity index (χ1n) is 9.58. The largest absolute Gasteiger partial charge is 0.354 e. The van der Waals surface area contributed by atoms with Crippen molar-refractivity contribution in [2.24, 2.45) is 0 Å². The van der Waals surface area contributed by atoms with Gasteiger partial charge in [0.25, 0.3) is 5.56 Å². The summed E-state index contributed by atoms with van der Waals surface area (Å²) in [6, 6.07) is 11.5. The number of aromatic nitrogens is 2. The second-order valence-corrected chi connectivity index (χ2v) is 6.99. The summed E-state index contributed by atoms with van der Waals surface area (Å²) in [6.07, 6.45) is 7.07. The summed E-state index contributed by atoms with van der Waals surface area (Å²) >= 11 is 0. The molecule has 0 spiro atoms. The third-order valence-corrected chi connectivity index (χ3v) is 5.25. The predicted octanol–water partition coefficient (Wildman–Crippen LogP) is 3.21. The summed E-state index contributed by atoms with van der Waals surface area (Å²) in [5, 5.41) is 2.95. The summed E-state index contributed by atoms with van der Waals surface area (Å²) in [5.74, 6) is 0.284. The van der Waals surface area contributed by atoms with Crippen LogP contribution in [0.15, 0.2) is 47.5 Å². The molecule has 138 valence electrons. The third-order valence-electron chi connectivity index (χ3n) is 5.25. The topological polar surface area (TPSA) is 64.0 Å². The molecule has 1 fully saturated rings. The van der Waals surface area contributed by atoms with Crippen LogP contribution < -0.4 is 10.9 Å². The van der Waals surface area contributed by atoms with Crippen LogP contribution in [0.5, 0.6) is 0 Å². The summed E-state index contributed by atoms with van der Waals surface area (Å²) < 4.78 is 1.57. The molecule has 0 radical (unpaired) electrons. The maximum Gasteiger partial charge on any atom is 0.253 e. The number of benzene rings is 1. The van der Waals surface area contributed by atoms with E-state index < -0.39 is 0 Å². The molecule has 1 N–H and O–H groups in total. The third kappa shape index (κ3) is 4.40. The van der Waals surface area contributed by atoms with Crippen LogP contribution in [0.25, 0.3) is 0 Å². The number of nitrogens with one attached hydrogen (secondary N) is 1. The van der Waals surface area contributed by atoms with Gasteiger partial charge in [-0.1, -0.05) is 50.1 Å². The lowest BCUT2D eigenvalue weighted by Crippen LogP contribution is -2.34. The number of carbonyl (C=O) groups is 1. The van der Waals surface area contributed by atoms with Crippen molar-refractivity contribution in [2.75, 3.05) is 6.54 Å². The normalized spacial score (nSPS) is 15.7. The van der Waals surface area contributed by atoms with E-state index in [2.05, 4.69) is 10.3 Å². The average Bonchev–Trinajstić information content (AvgIpc) is 3.19. The first kappa shape index (κ1) is 18.4. The van der Waals surface area contributed by atoms with Gasteiger partial charge >= 0.3 is 0 Å². The summed E-state index contributed by atoms with van der Waals surface area (Å²) in [7, 11) is 0. The highest BCUT2D eigenvalue weighted by Crippen LogP contribution is 2.32. The molecule has 1 aromatic heterocycles. The molecule has 5 heteroatoms. The number of hydrogen-bond donors (Lipinski definition) is 1. The van der Waals surface area contributed by atoms with Crippen molar-refractivity contribution in [3.8, 4) is 0 Å². The van der Waals surface area contributed by atoms with Crippen LogP contribution in [0.2, 0.25) is 0 Å². The van der Waals surface area contributed by atoms with Crippen molar-refractivity contribution in [2.45, 2.75) is 57.4 Å². The van der Waals surface area contributed by atoms with Crippen molar-refractivity contribution in [3.05, 3.63) is 64.3 Å². The smallest absolute Gasteiger partial charge is 0.253 e. The van der Waals surface area contributed by atoms with Gasteiger partial charge in [-0.05, 0) is 24.8 Å². The van der Waals surface area contributed by atoms with Crippen molar-refractivity contribution in [1.82, 2.24) is 14.9 Å². The highest BCUT2D eigenvalue weighted by Gasteiger charge is 2.19. The Labute approximate surface area is 154 Å². The first-order valence-corrected chi connectivity index (χ1v) is 9.58. The zero-order valence-corrected chi connectivity index (χ0v) is 15.4. The van der Waals surface area contributed by atoms with Crippen LogP contribution in [0.4, 0.5) is 0 Å². The van der Waals surface area contributed by atoms with Gasteiger partial charge in [0.2, 0.25) is 5.91 Å². The molecule has 3 rings (SSSR count). The fourth-order valence-corrected chi connectivity index (χ4v) is 3.73. The van der Waals surface area contributed by atoms with Gasteiger partial charge in [-0.25, -0.2) is 4.98 Å². The predicted molar refractivity (Wildman–Crippen MR) is 102 cm³/mol. The molecule has 1 amide bonds. The Bertz CT molecular complexity index is 779. The van der Waals surface area contributed by atoms with Crippen LogP contribution in [0, 0.1) is 0 Å². The van der Waals surface area contributed by atoms with E-state index in [0.717, 1.165) is 30.5 Å². The summed E-state index contributed by atoms with van der Waals surface area (Å²) in [6.45, 7) is 2.87. The van der Waals surface area contributed by atoms with Gasteiger partial charge in [0.05, 0.1) is 17.9 Å².